The minimum atomic E-state index is -0.833. The first-order valence-corrected chi connectivity index (χ1v) is 22.6. The summed E-state index contributed by atoms with van der Waals surface area (Å²) in [7, 11) is 0. The Bertz CT molecular complexity index is 1920. The van der Waals surface area contributed by atoms with Crippen LogP contribution in [0, 0.1) is 5.92 Å². The molecule has 61 heavy (non-hydrogen) atoms. The molecule has 8 atom stereocenters. The van der Waals surface area contributed by atoms with Gasteiger partial charge in [0.15, 0.2) is 0 Å². The molecule has 0 spiro atoms. The van der Waals surface area contributed by atoms with E-state index in [1.165, 1.54) is 0 Å². The average molecular weight is 858 g/mol. The fourth-order valence-corrected chi connectivity index (χ4v) is 10.4. The van der Waals surface area contributed by atoms with Crippen LogP contribution in [0.4, 0.5) is 4.79 Å². The fraction of sp³-hybridized carbons (Fsp3) is 0.543. The van der Waals surface area contributed by atoms with Gasteiger partial charge in [0, 0.05) is 80.4 Å². The molecule has 3 aliphatic heterocycles. The SMILES string of the molecule is CC(C)(C)NC(=O)[C@@H]1CN(Cc2cccnc2)CCN1C[C@@H](O)C[C@@H](Cc1ccccc1)C(=O)N[C@H]1c2ccccc2C[C@H]1O.O=C(O)CCCC[C@@H]1SC[C@@H]2NC(=O)N[C@@H]21. The molecule has 3 saturated heterocycles. The maximum absolute atomic E-state index is 13.8. The zero-order chi connectivity index (χ0) is 43.5. The quantitative estimate of drug-likeness (QED) is 0.0821. The van der Waals surface area contributed by atoms with Crippen LogP contribution in [-0.4, -0.2) is 127 Å². The summed E-state index contributed by atoms with van der Waals surface area (Å²) >= 11 is 1.87. The lowest BCUT2D eigenvalue weighted by atomic mass is 9.91. The molecule has 0 radical (unpaired) electrons. The average Bonchev–Trinajstić information content (AvgIpc) is 3.88. The maximum atomic E-state index is 13.8. The molecule has 15 heteroatoms. The monoisotopic (exact) mass is 857 g/mol. The highest BCUT2D eigenvalue weighted by atomic mass is 32.2. The van der Waals surface area contributed by atoms with Crippen LogP contribution in [0.5, 0.6) is 0 Å². The van der Waals surface area contributed by atoms with Gasteiger partial charge in [0.05, 0.1) is 30.3 Å². The van der Waals surface area contributed by atoms with Crippen molar-refractivity contribution in [3.8, 4) is 0 Å². The third-order valence-corrected chi connectivity index (χ3v) is 13.3. The van der Waals surface area contributed by atoms with E-state index in [0.717, 1.165) is 53.8 Å². The summed E-state index contributed by atoms with van der Waals surface area (Å²) in [5.41, 5.74) is 3.68. The van der Waals surface area contributed by atoms with E-state index < -0.39 is 41.7 Å². The Balaban J connectivity index is 0.000000324. The number of β-amino-alcohol motifs (C(OH)–C–C–N with tert-alkyl or cyclic N) is 1. The molecule has 4 amide bonds. The van der Waals surface area contributed by atoms with Gasteiger partial charge in [0.1, 0.15) is 6.04 Å². The molecule has 330 valence electrons. The van der Waals surface area contributed by atoms with E-state index in [2.05, 4.69) is 36.1 Å². The Kier molecular flexibility index (Phi) is 16.2. The van der Waals surface area contributed by atoms with Gasteiger partial charge in [-0.1, -0.05) is 67.1 Å². The van der Waals surface area contributed by atoms with Gasteiger partial charge in [0.2, 0.25) is 11.8 Å². The predicted molar refractivity (Wildman–Crippen MR) is 236 cm³/mol. The smallest absolute Gasteiger partial charge is 0.315 e. The largest absolute Gasteiger partial charge is 0.481 e. The predicted octanol–water partition coefficient (Wildman–Crippen LogP) is 3.66. The number of nitrogens with one attached hydrogen (secondary N) is 4. The Hall–Kier alpha value is -4.54. The van der Waals surface area contributed by atoms with Crippen molar-refractivity contribution >= 4 is 35.6 Å². The van der Waals surface area contributed by atoms with Gasteiger partial charge in [-0.15, -0.1) is 0 Å². The number of aromatic nitrogens is 1. The fourth-order valence-electron chi connectivity index (χ4n) is 8.83. The van der Waals surface area contributed by atoms with Crippen molar-refractivity contribution in [1.82, 2.24) is 36.1 Å². The number of amides is 4. The summed E-state index contributed by atoms with van der Waals surface area (Å²) in [5.74, 6) is -0.545. The van der Waals surface area contributed by atoms with Gasteiger partial charge in [0.25, 0.3) is 0 Å². The highest BCUT2D eigenvalue weighted by Gasteiger charge is 2.42. The Morgan fingerprint density at radius 2 is 1.74 bits per heavy atom. The van der Waals surface area contributed by atoms with Crippen LogP contribution >= 0.6 is 11.8 Å². The number of urea groups is 1. The molecule has 7 rings (SSSR count). The number of carbonyl (C=O) groups is 4. The third kappa shape index (κ3) is 13.5. The lowest BCUT2D eigenvalue weighted by molar-refractivity contribution is -0.137. The molecule has 2 aromatic carbocycles. The molecule has 1 aliphatic carbocycles. The van der Waals surface area contributed by atoms with Crippen LogP contribution in [0.3, 0.4) is 0 Å². The number of piperazine rings is 1. The Labute approximate surface area is 363 Å². The summed E-state index contributed by atoms with van der Waals surface area (Å²) in [6.07, 6.45) is 6.14. The lowest BCUT2D eigenvalue weighted by Gasteiger charge is -2.42. The van der Waals surface area contributed by atoms with E-state index in [1.54, 1.807) is 6.20 Å². The summed E-state index contributed by atoms with van der Waals surface area (Å²) < 4.78 is 0. The maximum Gasteiger partial charge on any atom is 0.315 e. The standard InChI is InChI=1S/C36H47N5O4.C10H16N2O3S/c1-36(2,3)39-35(45)31-24-40(22-26-12-9-15-37-21-26)16-17-41(31)23-29(42)19-28(18-25-10-5-4-6-11-25)34(44)38-33-30-14-8-7-13-27(30)20-32(33)43;13-8(14)4-2-1-3-7-9-6(5-16-7)11-10(15)12-9/h4-15,21,28-29,31-33,42-43H,16-20,22-24H2,1-3H3,(H,38,44)(H,39,45);6-7,9H,1-5H2,(H,13,14)(H2,11,12,15)/t28-,29+,31+,32-,33+;6-,7-,9-/m10/s1. The molecule has 7 N–H and O–H groups in total. The number of hydrogen-bond acceptors (Lipinski definition) is 10. The normalized spacial score (nSPS) is 24.6. The minimum absolute atomic E-state index is 0.0640. The van der Waals surface area contributed by atoms with Crippen LogP contribution < -0.4 is 21.3 Å². The van der Waals surface area contributed by atoms with Crippen molar-refractivity contribution in [1.29, 1.82) is 0 Å². The second-order valence-electron chi connectivity index (χ2n) is 17.8. The highest BCUT2D eigenvalue weighted by Crippen LogP contribution is 2.34. The molecule has 3 aromatic rings. The molecule has 0 saturated carbocycles. The summed E-state index contributed by atoms with van der Waals surface area (Å²) in [6.45, 7) is 8.74. The topological polar surface area (TPSA) is 196 Å². The van der Waals surface area contributed by atoms with E-state index in [1.807, 2.05) is 105 Å². The van der Waals surface area contributed by atoms with E-state index in [4.69, 9.17) is 5.11 Å². The Morgan fingerprint density at radius 3 is 2.48 bits per heavy atom. The first-order chi connectivity index (χ1) is 29.2. The van der Waals surface area contributed by atoms with Crippen molar-refractivity contribution in [2.24, 2.45) is 5.92 Å². The van der Waals surface area contributed by atoms with Crippen molar-refractivity contribution in [2.45, 2.75) is 119 Å². The molecular weight excluding hydrogens is 795 g/mol. The second kappa shape index (κ2) is 21.5. The minimum Gasteiger partial charge on any atom is -0.481 e. The molecular formula is C46H63N7O7S. The number of rotatable bonds is 16. The van der Waals surface area contributed by atoms with E-state index in [9.17, 15) is 29.4 Å². The van der Waals surface area contributed by atoms with Crippen LogP contribution in [-0.2, 0) is 33.8 Å². The number of aliphatic carboxylic acids is 1. The van der Waals surface area contributed by atoms with Gasteiger partial charge < -0.3 is 36.6 Å². The number of aliphatic hydroxyl groups is 2. The molecule has 3 fully saturated rings. The first kappa shape index (κ1) is 46.0. The Morgan fingerprint density at radius 1 is 0.984 bits per heavy atom. The van der Waals surface area contributed by atoms with Crippen LogP contribution in [0.2, 0.25) is 0 Å². The van der Waals surface area contributed by atoms with Gasteiger partial charge in [-0.2, -0.15) is 11.8 Å². The molecule has 0 unspecified atom stereocenters. The van der Waals surface area contributed by atoms with Gasteiger partial charge >= 0.3 is 12.0 Å². The van der Waals surface area contributed by atoms with Gasteiger partial charge in [-0.3, -0.25) is 29.2 Å². The number of carboxylic acid groups (broad SMARTS) is 1. The number of aliphatic hydroxyl groups excluding tert-OH is 2. The van der Waals surface area contributed by atoms with Crippen LogP contribution in [0.15, 0.2) is 79.1 Å². The number of benzene rings is 2. The summed E-state index contributed by atoms with van der Waals surface area (Å²) in [5, 5.41) is 43.3. The number of hydrogen-bond donors (Lipinski definition) is 7. The number of thioether (sulfide) groups is 1. The second-order valence-corrected chi connectivity index (χ2v) is 19.1. The number of carboxylic acids is 1. The highest BCUT2D eigenvalue weighted by molar-refractivity contribution is 8.00. The van der Waals surface area contributed by atoms with E-state index >= 15 is 0 Å². The van der Waals surface area contributed by atoms with Crippen LogP contribution in [0.1, 0.15) is 81.2 Å². The lowest BCUT2D eigenvalue weighted by Crippen LogP contribution is -2.61. The van der Waals surface area contributed by atoms with Gasteiger partial charge in [-0.25, -0.2) is 4.79 Å². The number of fused-ring (bicyclic) bond motifs is 2. The third-order valence-electron chi connectivity index (χ3n) is 11.8. The van der Waals surface area contributed by atoms with Crippen molar-refractivity contribution in [3.63, 3.8) is 0 Å². The zero-order valence-electron chi connectivity index (χ0n) is 35.5. The van der Waals surface area contributed by atoms with Gasteiger partial charge in [-0.05, 0) is 74.8 Å². The summed E-state index contributed by atoms with van der Waals surface area (Å²) in [4.78, 5) is 57.3. The first-order valence-electron chi connectivity index (χ1n) is 21.6. The summed E-state index contributed by atoms with van der Waals surface area (Å²) in [6, 6.07) is 21.1. The van der Waals surface area contributed by atoms with E-state index in [0.29, 0.717) is 37.7 Å². The number of unbranched alkanes of at least 4 members (excludes halogenated alkanes) is 1. The van der Waals surface area contributed by atoms with Crippen molar-refractivity contribution in [2.75, 3.05) is 31.9 Å². The molecule has 4 heterocycles. The molecule has 1 aromatic heterocycles. The zero-order valence-corrected chi connectivity index (χ0v) is 36.4. The number of pyridine rings is 1. The molecule has 0 bridgehead atoms. The van der Waals surface area contributed by atoms with E-state index in [-0.39, 0.29) is 49.3 Å². The number of carbonyl (C=O) groups excluding carboxylic acids is 3. The van der Waals surface area contributed by atoms with Crippen LogP contribution in [0.25, 0.3) is 0 Å². The van der Waals surface area contributed by atoms with Crippen molar-refractivity contribution in [3.05, 3.63) is 101 Å². The van der Waals surface area contributed by atoms with Crippen molar-refractivity contribution < 1.29 is 34.5 Å². The molecule has 4 aliphatic rings. The number of nitrogens with zero attached hydrogens (tertiary/aromatic N) is 3. The molecule has 14 nitrogen and oxygen atoms in total.